The van der Waals surface area contributed by atoms with Gasteiger partial charge < -0.3 is 13.9 Å². The molecule has 30 heavy (non-hydrogen) atoms. The van der Waals surface area contributed by atoms with E-state index in [0.717, 1.165) is 48.3 Å². The molecule has 2 aromatic rings. The second kappa shape index (κ2) is 11.8. The molecule has 0 amide bonds. The predicted molar refractivity (Wildman–Crippen MR) is 115 cm³/mol. The van der Waals surface area contributed by atoms with E-state index < -0.39 is 5.97 Å². The molecule has 160 valence electrons. The fraction of sp³-hybridized carbons (Fsp3) is 0.375. The highest BCUT2D eigenvalue weighted by Gasteiger charge is 2.11. The summed E-state index contributed by atoms with van der Waals surface area (Å²) in [5, 5.41) is 0.877. The number of hydrogen-bond donors (Lipinski definition) is 0. The van der Waals surface area contributed by atoms with E-state index in [1.54, 1.807) is 13.0 Å². The van der Waals surface area contributed by atoms with E-state index in [0.29, 0.717) is 37.2 Å². The Labute approximate surface area is 176 Å². The first kappa shape index (κ1) is 23.1. The number of aryl methyl sites for hydroxylation is 2. The van der Waals surface area contributed by atoms with E-state index in [1.165, 1.54) is 6.07 Å². The summed E-state index contributed by atoms with van der Waals surface area (Å²) in [6.45, 7) is 9.22. The molecule has 1 aromatic carbocycles. The average molecular weight is 412 g/mol. The minimum Gasteiger partial charge on any atom is -0.463 e. The van der Waals surface area contributed by atoms with Crippen LogP contribution < -0.4 is 5.63 Å². The van der Waals surface area contributed by atoms with Crippen LogP contribution in [0.5, 0.6) is 0 Å². The number of ether oxygens (including phenoxy) is 2. The second-order valence-corrected chi connectivity index (χ2v) is 7.08. The van der Waals surface area contributed by atoms with Crippen LogP contribution in [0.15, 0.2) is 58.3 Å². The van der Waals surface area contributed by atoms with E-state index in [1.807, 2.05) is 6.07 Å². The lowest BCUT2D eigenvalue weighted by Gasteiger charge is -2.12. The Bertz CT molecular complexity index is 969. The Morgan fingerprint density at radius 2 is 1.67 bits per heavy atom. The third kappa shape index (κ3) is 7.03. The van der Waals surface area contributed by atoms with Gasteiger partial charge >= 0.3 is 17.6 Å². The molecule has 1 heterocycles. The van der Waals surface area contributed by atoms with Crippen LogP contribution in [0.25, 0.3) is 11.0 Å². The molecule has 6 nitrogen and oxygen atoms in total. The molecule has 0 unspecified atom stereocenters. The van der Waals surface area contributed by atoms with Gasteiger partial charge in [0.25, 0.3) is 0 Å². The molecule has 0 radical (unpaired) electrons. The van der Waals surface area contributed by atoms with E-state index in [-0.39, 0.29) is 11.6 Å². The normalized spacial score (nSPS) is 10.6. The van der Waals surface area contributed by atoms with Gasteiger partial charge in [-0.15, -0.1) is 0 Å². The van der Waals surface area contributed by atoms with Crippen LogP contribution in [0.3, 0.4) is 0 Å². The standard InChI is InChI=1S/C24H28O6/c1-4-21(25)28-15-7-5-9-18-11-12-19-13-14-22(26)30-23(19)20(18)10-6-8-16-29-24(27)17(2)3/h4,11-14H,1-2,5-10,15-16H2,3H3. The van der Waals surface area contributed by atoms with E-state index in [9.17, 15) is 14.4 Å². The van der Waals surface area contributed by atoms with Crippen molar-refractivity contribution in [1.29, 1.82) is 0 Å². The third-order valence-electron chi connectivity index (χ3n) is 4.64. The summed E-state index contributed by atoms with van der Waals surface area (Å²) in [4.78, 5) is 34.3. The highest BCUT2D eigenvalue weighted by molar-refractivity contribution is 5.86. The van der Waals surface area contributed by atoms with Crippen LogP contribution in [0.1, 0.15) is 43.7 Å². The molecular formula is C24H28O6. The minimum absolute atomic E-state index is 0.324. The van der Waals surface area contributed by atoms with Crippen molar-refractivity contribution in [2.24, 2.45) is 0 Å². The van der Waals surface area contributed by atoms with E-state index >= 15 is 0 Å². The molecule has 0 aliphatic rings. The summed E-state index contributed by atoms with van der Waals surface area (Å²) in [6, 6.07) is 7.17. The van der Waals surface area contributed by atoms with Gasteiger partial charge in [0.15, 0.2) is 0 Å². The van der Waals surface area contributed by atoms with Crippen molar-refractivity contribution < 1.29 is 23.5 Å². The molecule has 0 N–H and O–H groups in total. The predicted octanol–water partition coefficient (Wildman–Crippen LogP) is 4.29. The lowest BCUT2D eigenvalue weighted by molar-refractivity contribution is -0.139. The number of hydrogen-bond acceptors (Lipinski definition) is 6. The number of unbranched alkanes of at least 4 members (excludes halogenated alkanes) is 2. The monoisotopic (exact) mass is 412 g/mol. The van der Waals surface area contributed by atoms with Crippen LogP contribution in [0.4, 0.5) is 0 Å². The van der Waals surface area contributed by atoms with Crippen molar-refractivity contribution in [1.82, 2.24) is 0 Å². The van der Waals surface area contributed by atoms with Gasteiger partial charge in [0.05, 0.1) is 13.2 Å². The van der Waals surface area contributed by atoms with Crippen LogP contribution in [0.2, 0.25) is 0 Å². The third-order valence-corrected chi connectivity index (χ3v) is 4.64. The van der Waals surface area contributed by atoms with Crippen molar-refractivity contribution in [3.8, 4) is 0 Å². The summed E-state index contributed by atoms with van der Waals surface area (Å²) in [5.74, 6) is -0.806. The molecule has 0 saturated carbocycles. The molecule has 0 fully saturated rings. The van der Waals surface area contributed by atoms with Gasteiger partial charge in [0.1, 0.15) is 5.58 Å². The Kier molecular flexibility index (Phi) is 9.06. The lowest BCUT2D eigenvalue weighted by Crippen LogP contribution is -2.07. The summed E-state index contributed by atoms with van der Waals surface area (Å²) in [6.07, 6.45) is 5.67. The zero-order valence-electron chi connectivity index (χ0n) is 17.4. The molecule has 0 aliphatic carbocycles. The van der Waals surface area contributed by atoms with Crippen molar-refractivity contribution in [2.45, 2.75) is 45.4 Å². The maximum Gasteiger partial charge on any atom is 0.336 e. The summed E-state index contributed by atoms with van der Waals surface area (Å²) in [7, 11) is 0. The second-order valence-electron chi connectivity index (χ2n) is 7.08. The minimum atomic E-state index is -0.421. The maximum atomic E-state index is 11.8. The number of fused-ring (bicyclic) bond motifs is 1. The lowest BCUT2D eigenvalue weighted by atomic mass is 9.95. The molecule has 1 aromatic heterocycles. The van der Waals surface area contributed by atoms with Crippen LogP contribution in [0, 0.1) is 0 Å². The van der Waals surface area contributed by atoms with Gasteiger partial charge in [0, 0.05) is 23.1 Å². The van der Waals surface area contributed by atoms with Gasteiger partial charge in [0.2, 0.25) is 0 Å². The van der Waals surface area contributed by atoms with Crippen molar-refractivity contribution in [2.75, 3.05) is 13.2 Å². The highest BCUT2D eigenvalue weighted by atomic mass is 16.5. The largest absolute Gasteiger partial charge is 0.463 e. The Morgan fingerprint density at radius 1 is 1.00 bits per heavy atom. The van der Waals surface area contributed by atoms with Gasteiger partial charge in [-0.05, 0) is 62.6 Å². The zero-order valence-corrected chi connectivity index (χ0v) is 17.4. The van der Waals surface area contributed by atoms with Crippen molar-refractivity contribution in [3.63, 3.8) is 0 Å². The molecule has 0 bridgehead atoms. The van der Waals surface area contributed by atoms with Crippen LogP contribution >= 0.6 is 0 Å². The fourth-order valence-corrected chi connectivity index (χ4v) is 3.08. The first-order valence-corrected chi connectivity index (χ1v) is 10.1. The fourth-order valence-electron chi connectivity index (χ4n) is 3.08. The van der Waals surface area contributed by atoms with Gasteiger partial charge in [-0.3, -0.25) is 0 Å². The quantitative estimate of drug-likeness (QED) is 0.224. The summed E-state index contributed by atoms with van der Waals surface area (Å²) < 4.78 is 15.6. The Balaban J connectivity index is 2.02. The molecule has 0 saturated heterocycles. The molecular weight excluding hydrogens is 384 g/mol. The molecule has 2 rings (SSSR count). The number of esters is 2. The number of benzene rings is 1. The van der Waals surface area contributed by atoms with Gasteiger partial charge in [-0.25, -0.2) is 14.4 Å². The maximum absolute atomic E-state index is 11.8. The highest BCUT2D eigenvalue weighted by Crippen LogP contribution is 2.25. The number of carbonyl (C=O) groups excluding carboxylic acids is 2. The van der Waals surface area contributed by atoms with Gasteiger partial charge in [-0.1, -0.05) is 25.3 Å². The Morgan fingerprint density at radius 3 is 2.37 bits per heavy atom. The summed E-state index contributed by atoms with van der Waals surface area (Å²) >= 11 is 0. The molecule has 0 aliphatic heterocycles. The molecule has 0 atom stereocenters. The van der Waals surface area contributed by atoms with Gasteiger partial charge in [-0.2, -0.15) is 0 Å². The molecule has 6 heteroatoms. The summed E-state index contributed by atoms with van der Waals surface area (Å²) in [5.41, 5.74) is 2.71. The van der Waals surface area contributed by atoms with E-state index in [2.05, 4.69) is 19.2 Å². The SMILES string of the molecule is C=CC(=O)OCCCCc1ccc2ccc(=O)oc2c1CCCCOC(=O)C(=C)C. The first-order chi connectivity index (χ1) is 14.4. The van der Waals surface area contributed by atoms with Crippen molar-refractivity contribution in [3.05, 3.63) is 70.6 Å². The Hall–Kier alpha value is -3.15. The first-order valence-electron chi connectivity index (χ1n) is 10.1. The van der Waals surface area contributed by atoms with E-state index in [4.69, 9.17) is 13.9 Å². The topological polar surface area (TPSA) is 82.8 Å². The number of rotatable bonds is 12. The zero-order chi connectivity index (χ0) is 21.9. The smallest absolute Gasteiger partial charge is 0.336 e. The van der Waals surface area contributed by atoms with Crippen LogP contribution in [-0.2, 0) is 31.9 Å². The number of carbonyl (C=O) groups is 2. The average Bonchev–Trinajstić information content (AvgIpc) is 2.73. The van der Waals surface area contributed by atoms with Crippen molar-refractivity contribution >= 4 is 22.9 Å². The van der Waals surface area contributed by atoms with Crippen LogP contribution in [-0.4, -0.2) is 25.2 Å². The molecule has 0 spiro atoms.